The Bertz CT molecular complexity index is 1160. The highest BCUT2D eigenvalue weighted by atomic mass is 35.5. The number of hydrogen-bond acceptors (Lipinski definition) is 8. The molecule has 2 aromatic rings. The Morgan fingerprint density at radius 1 is 1.18 bits per heavy atom. The predicted molar refractivity (Wildman–Crippen MR) is 127 cm³/mol. The molecule has 9 nitrogen and oxygen atoms in total. The van der Waals surface area contributed by atoms with Gasteiger partial charge in [0, 0.05) is 18.7 Å². The molecule has 1 unspecified atom stereocenters. The Kier molecular flexibility index (Phi) is 8.83. The molecule has 1 fully saturated rings. The highest BCUT2D eigenvalue weighted by Gasteiger charge is 2.29. The van der Waals surface area contributed by atoms with Gasteiger partial charge >= 0.3 is 5.97 Å². The predicted octanol–water partition coefficient (Wildman–Crippen LogP) is 2.60. The van der Waals surface area contributed by atoms with Crippen LogP contribution in [0.5, 0.6) is 0 Å². The summed E-state index contributed by atoms with van der Waals surface area (Å²) in [6.45, 7) is 4.02. The van der Waals surface area contributed by atoms with E-state index in [1.165, 1.54) is 28.6 Å². The first kappa shape index (κ1) is 26.3. The van der Waals surface area contributed by atoms with E-state index in [2.05, 4.69) is 5.32 Å². The molecule has 0 aliphatic carbocycles. The number of hydrogen-bond donors (Lipinski definition) is 1. The summed E-state index contributed by atoms with van der Waals surface area (Å²) in [6.07, 6.45) is 0. The summed E-state index contributed by atoms with van der Waals surface area (Å²) < 4.78 is 37.9. The Labute approximate surface area is 207 Å². The number of sulfonamides is 1. The molecular formula is C22H25ClN2O7S2. The molecule has 0 spiro atoms. The van der Waals surface area contributed by atoms with Crippen molar-refractivity contribution in [3.63, 3.8) is 0 Å². The van der Waals surface area contributed by atoms with Crippen LogP contribution in [0, 0.1) is 5.92 Å². The minimum absolute atomic E-state index is 0.0223. The van der Waals surface area contributed by atoms with Crippen molar-refractivity contribution < 1.29 is 32.3 Å². The number of rotatable bonds is 9. The van der Waals surface area contributed by atoms with Gasteiger partial charge in [-0.25, -0.2) is 13.2 Å². The first-order valence-electron chi connectivity index (χ1n) is 10.5. The zero-order valence-corrected chi connectivity index (χ0v) is 21.0. The monoisotopic (exact) mass is 528 g/mol. The van der Waals surface area contributed by atoms with E-state index in [0.717, 1.165) is 11.3 Å². The van der Waals surface area contributed by atoms with Crippen LogP contribution in [0.25, 0.3) is 0 Å². The van der Waals surface area contributed by atoms with Crippen molar-refractivity contribution >= 4 is 50.6 Å². The molecule has 1 aliphatic rings. The number of Topliss-reactive ketones (excluding diaryl/α,β-unsaturated/α-hetero) is 1. The summed E-state index contributed by atoms with van der Waals surface area (Å²) in [6, 6.07) is 7.70. The number of nitrogens with zero attached hydrogens (tertiary/aromatic N) is 1. The number of amides is 1. The van der Waals surface area contributed by atoms with Gasteiger partial charge < -0.3 is 14.8 Å². The molecule has 1 amide bonds. The lowest BCUT2D eigenvalue weighted by atomic mass is 10.0. The quantitative estimate of drug-likeness (QED) is 0.392. The van der Waals surface area contributed by atoms with E-state index in [-0.39, 0.29) is 29.5 Å². The normalized spacial score (nSPS) is 15.6. The van der Waals surface area contributed by atoms with Crippen molar-refractivity contribution in [3.05, 3.63) is 51.2 Å². The minimum atomic E-state index is -3.79. The summed E-state index contributed by atoms with van der Waals surface area (Å²) in [7, 11) is -3.79. The fraction of sp³-hybridized carbons (Fsp3) is 0.409. The second kappa shape index (κ2) is 11.4. The minimum Gasteiger partial charge on any atom is -0.456 e. The number of carbonyl (C=O) groups is 3. The highest BCUT2D eigenvalue weighted by Crippen LogP contribution is 2.22. The zero-order valence-electron chi connectivity index (χ0n) is 18.7. The number of thiophene rings is 1. The van der Waals surface area contributed by atoms with Gasteiger partial charge in [-0.05, 0) is 36.2 Å². The maximum Gasteiger partial charge on any atom is 0.329 e. The van der Waals surface area contributed by atoms with E-state index in [9.17, 15) is 22.8 Å². The number of benzene rings is 1. The third-order valence-electron chi connectivity index (χ3n) is 5.10. The number of ketones is 1. The highest BCUT2D eigenvalue weighted by molar-refractivity contribution is 7.89. The molecule has 0 saturated carbocycles. The first-order chi connectivity index (χ1) is 16.1. The SMILES string of the molecule is CC(C)C(NC(=O)c1cccc(S(=O)(=O)N2CCOCC2)c1)C(=O)OCC(=O)c1ccc(Cl)s1. The van der Waals surface area contributed by atoms with Crippen LogP contribution in [0.4, 0.5) is 0 Å². The van der Waals surface area contributed by atoms with Crippen LogP contribution in [0.1, 0.15) is 33.9 Å². The number of carbonyl (C=O) groups excluding carboxylic acids is 3. The number of esters is 1. The molecule has 34 heavy (non-hydrogen) atoms. The summed E-state index contributed by atoms with van der Waals surface area (Å²) in [5.41, 5.74) is 0.0806. The van der Waals surface area contributed by atoms with Crippen LogP contribution in [-0.2, 0) is 24.3 Å². The van der Waals surface area contributed by atoms with Gasteiger partial charge in [-0.1, -0.05) is 31.5 Å². The van der Waals surface area contributed by atoms with Crippen molar-refractivity contribution in [2.75, 3.05) is 32.9 Å². The first-order valence-corrected chi connectivity index (χ1v) is 13.2. The van der Waals surface area contributed by atoms with Crippen LogP contribution in [0.3, 0.4) is 0 Å². The van der Waals surface area contributed by atoms with Gasteiger partial charge in [-0.15, -0.1) is 11.3 Å². The molecular weight excluding hydrogens is 504 g/mol. The molecule has 0 bridgehead atoms. The summed E-state index contributed by atoms with van der Waals surface area (Å²) in [5, 5.41) is 2.59. The Morgan fingerprint density at radius 3 is 2.50 bits per heavy atom. The van der Waals surface area contributed by atoms with Gasteiger partial charge in [-0.3, -0.25) is 9.59 Å². The van der Waals surface area contributed by atoms with Gasteiger partial charge in [-0.2, -0.15) is 4.31 Å². The standard InChI is InChI=1S/C22H25ClN2O7S2/c1-14(2)20(22(28)32-13-17(26)18-6-7-19(23)33-18)24-21(27)15-4-3-5-16(12-15)34(29,30)25-8-10-31-11-9-25/h3-7,12,14,20H,8-11,13H2,1-2H3,(H,24,27). The number of halogens is 1. The van der Waals surface area contributed by atoms with Crippen molar-refractivity contribution in [1.29, 1.82) is 0 Å². The van der Waals surface area contributed by atoms with Crippen LogP contribution >= 0.6 is 22.9 Å². The van der Waals surface area contributed by atoms with Crippen LogP contribution in [-0.4, -0.2) is 69.3 Å². The smallest absolute Gasteiger partial charge is 0.329 e. The third kappa shape index (κ3) is 6.42. The fourth-order valence-corrected chi connectivity index (χ4v) is 5.64. The molecule has 1 saturated heterocycles. The van der Waals surface area contributed by atoms with E-state index < -0.39 is 40.3 Å². The van der Waals surface area contributed by atoms with Crippen LogP contribution < -0.4 is 5.32 Å². The average Bonchev–Trinajstić information content (AvgIpc) is 3.27. The summed E-state index contributed by atoms with van der Waals surface area (Å²) in [4.78, 5) is 38.0. The van der Waals surface area contributed by atoms with Gasteiger partial charge in [0.15, 0.2) is 6.61 Å². The van der Waals surface area contributed by atoms with E-state index in [1.807, 2.05) is 0 Å². The molecule has 184 valence electrons. The Hall–Kier alpha value is -2.31. The maximum absolute atomic E-state index is 12.9. The maximum atomic E-state index is 12.9. The summed E-state index contributed by atoms with van der Waals surface area (Å²) >= 11 is 6.90. The van der Waals surface area contributed by atoms with E-state index in [4.69, 9.17) is 21.1 Å². The Morgan fingerprint density at radius 2 is 1.88 bits per heavy atom. The van der Waals surface area contributed by atoms with Crippen LogP contribution in [0.2, 0.25) is 4.34 Å². The van der Waals surface area contributed by atoms with Crippen LogP contribution in [0.15, 0.2) is 41.3 Å². The van der Waals surface area contributed by atoms with Crippen molar-refractivity contribution in [1.82, 2.24) is 9.62 Å². The van der Waals surface area contributed by atoms with Crippen molar-refractivity contribution in [3.8, 4) is 0 Å². The van der Waals surface area contributed by atoms with Crippen molar-refractivity contribution in [2.24, 2.45) is 5.92 Å². The lowest BCUT2D eigenvalue weighted by Crippen LogP contribution is -2.45. The number of nitrogens with one attached hydrogen (secondary N) is 1. The molecule has 0 radical (unpaired) electrons. The second-order valence-corrected chi connectivity index (χ2v) is 11.5. The largest absolute Gasteiger partial charge is 0.456 e. The number of morpholine rings is 1. The third-order valence-corrected chi connectivity index (χ3v) is 8.27. The number of ether oxygens (including phenoxy) is 2. The molecule has 3 rings (SSSR count). The molecule has 1 N–H and O–H groups in total. The Balaban J connectivity index is 1.67. The molecule has 1 aromatic carbocycles. The van der Waals surface area contributed by atoms with Gasteiger partial charge in [0.2, 0.25) is 15.8 Å². The van der Waals surface area contributed by atoms with E-state index in [1.54, 1.807) is 26.0 Å². The molecule has 1 aromatic heterocycles. The van der Waals surface area contributed by atoms with Gasteiger partial charge in [0.1, 0.15) is 6.04 Å². The molecule has 2 heterocycles. The summed E-state index contributed by atoms with van der Waals surface area (Å²) in [5.74, 6) is -2.15. The second-order valence-electron chi connectivity index (χ2n) is 7.87. The fourth-order valence-electron chi connectivity index (χ4n) is 3.22. The van der Waals surface area contributed by atoms with Gasteiger partial charge in [0.25, 0.3) is 5.91 Å². The van der Waals surface area contributed by atoms with Gasteiger partial charge in [0.05, 0.1) is 27.3 Å². The molecule has 1 aliphatic heterocycles. The lowest BCUT2D eigenvalue weighted by Gasteiger charge is -2.26. The molecule has 12 heteroatoms. The van der Waals surface area contributed by atoms with E-state index >= 15 is 0 Å². The average molecular weight is 529 g/mol. The van der Waals surface area contributed by atoms with Crippen molar-refractivity contribution in [2.45, 2.75) is 24.8 Å². The zero-order chi connectivity index (χ0) is 24.9. The lowest BCUT2D eigenvalue weighted by molar-refractivity contribution is -0.145. The van der Waals surface area contributed by atoms with E-state index in [0.29, 0.717) is 22.4 Å². The molecule has 1 atom stereocenters. The topological polar surface area (TPSA) is 119 Å².